The Kier molecular flexibility index (Phi) is 6.91. The molecule has 1 amide bonds. The van der Waals surface area contributed by atoms with Crippen LogP contribution in [-0.4, -0.2) is 47.4 Å². The van der Waals surface area contributed by atoms with Crippen LogP contribution < -0.4 is 16.0 Å². The Morgan fingerprint density at radius 2 is 1.66 bits per heavy atom. The minimum absolute atomic E-state index is 0.0463. The van der Waals surface area contributed by atoms with Gasteiger partial charge in [0.2, 0.25) is 5.91 Å². The zero-order valence-electron chi connectivity index (χ0n) is 18.2. The SMILES string of the molecule is Cc1ccc(Nc2ccc(NCCNC(=O)C3(c4ccccc4)CCOCC3)nn2)nc1. The molecular formula is C24H28N6O2. The summed E-state index contributed by atoms with van der Waals surface area (Å²) in [5.41, 5.74) is 1.61. The van der Waals surface area contributed by atoms with Crippen LogP contribution in [0.3, 0.4) is 0 Å². The molecule has 1 saturated heterocycles. The second-order valence-corrected chi connectivity index (χ2v) is 7.89. The van der Waals surface area contributed by atoms with E-state index in [1.165, 1.54) is 0 Å². The van der Waals surface area contributed by atoms with Gasteiger partial charge in [-0.25, -0.2) is 4.98 Å². The molecule has 0 unspecified atom stereocenters. The van der Waals surface area contributed by atoms with Gasteiger partial charge in [-0.05, 0) is 49.1 Å². The number of carbonyl (C=O) groups is 1. The highest BCUT2D eigenvalue weighted by Gasteiger charge is 2.41. The fourth-order valence-electron chi connectivity index (χ4n) is 3.83. The third-order valence-corrected chi connectivity index (χ3v) is 5.66. The number of benzene rings is 1. The van der Waals surface area contributed by atoms with Crippen molar-refractivity contribution in [2.75, 3.05) is 36.9 Å². The molecule has 0 saturated carbocycles. The van der Waals surface area contributed by atoms with Crippen molar-refractivity contribution in [2.24, 2.45) is 0 Å². The first-order chi connectivity index (χ1) is 15.7. The molecule has 0 bridgehead atoms. The zero-order chi connectivity index (χ0) is 22.2. The first-order valence-corrected chi connectivity index (χ1v) is 10.8. The number of aromatic nitrogens is 3. The van der Waals surface area contributed by atoms with Crippen LogP contribution in [0.5, 0.6) is 0 Å². The molecule has 0 spiro atoms. The lowest BCUT2D eigenvalue weighted by atomic mass is 9.73. The molecule has 3 aromatic rings. The molecule has 3 N–H and O–H groups in total. The minimum atomic E-state index is -0.531. The minimum Gasteiger partial charge on any atom is -0.381 e. The average Bonchev–Trinajstić information content (AvgIpc) is 2.85. The van der Waals surface area contributed by atoms with E-state index in [-0.39, 0.29) is 5.91 Å². The number of amides is 1. The maximum absolute atomic E-state index is 13.1. The average molecular weight is 433 g/mol. The van der Waals surface area contributed by atoms with Gasteiger partial charge in [-0.2, -0.15) is 0 Å². The number of carbonyl (C=O) groups excluding carboxylic acids is 1. The van der Waals surface area contributed by atoms with Crippen molar-refractivity contribution < 1.29 is 9.53 Å². The van der Waals surface area contributed by atoms with Gasteiger partial charge in [0, 0.05) is 32.5 Å². The lowest BCUT2D eigenvalue weighted by Crippen LogP contribution is -2.49. The van der Waals surface area contributed by atoms with Gasteiger partial charge in [-0.1, -0.05) is 36.4 Å². The summed E-state index contributed by atoms with van der Waals surface area (Å²) < 4.78 is 5.52. The summed E-state index contributed by atoms with van der Waals surface area (Å²) in [6.45, 7) is 4.21. The van der Waals surface area contributed by atoms with E-state index in [1.54, 1.807) is 6.20 Å². The Hall–Kier alpha value is -3.52. The van der Waals surface area contributed by atoms with Gasteiger partial charge in [0.1, 0.15) is 11.6 Å². The van der Waals surface area contributed by atoms with E-state index in [0.29, 0.717) is 56.6 Å². The molecule has 32 heavy (non-hydrogen) atoms. The summed E-state index contributed by atoms with van der Waals surface area (Å²) in [4.78, 5) is 17.4. The van der Waals surface area contributed by atoms with Crippen LogP contribution in [0, 0.1) is 6.92 Å². The molecule has 1 aliphatic rings. The lowest BCUT2D eigenvalue weighted by molar-refractivity contribution is -0.130. The molecule has 0 radical (unpaired) electrons. The van der Waals surface area contributed by atoms with Gasteiger partial charge in [0.25, 0.3) is 0 Å². The molecule has 1 aliphatic heterocycles. The molecule has 4 rings (SSSR count). The first-order valence-electron chi connectivity index (χ1n) is 10.8. The molecule has 8 nitrogen and oxygen atoms in total. The fraction of sp³-hybridized carbons (Fsp3) is 0.333. The Labute approximate surface area is 187 Å². The third kappa shape index (κ3) is 5.20. The molecule has 0 aliphatic carbocycles. The first kappa shape index (κ1) is 21.7. The predicted octanol–water partition coefficient (Wildman–Crippen LogP) is 3.20. The predicted molar refractivity (Wildman–Crippen MR) is 124 cm³/mol. The number of anilines is 3. The number of pyridine rings is 1. The van der Waals surface area contributed by atoms with Crippen LogP contribution in [0.25, 0.3) is 0 Å². The number of hydrogen-bond acceptors (Lipinski definition) is 7. The second kappa shape index (κ2) is 10.2. The number of nitrogens with one attached hydrogen (secondary N) is 3. The second-order valence-electron chi connectivity index (χ2n) is 7.89. The van der Waals surface area contributed by atoms with Crippen molar-refractivity contribution in [1.29, 1.82) is 0 Å². The molecule has 1 fully saturated rings. The molecular weight excluding hydrogens is 404 g/mol. The summed E-state index contributed by atoms with van der Waals surface area (Å²) in [6.07, 6.45) is 3.17. The van der Waals surface area contributed by atoms with Crippen LogP contribution in [0.1, 0.15) is 24.0 Å². The summed E-state index contributed by atoms with van der Waals surface area (Å²) in [7, 11) is 0. The molecule has 2 aromatic heterocycles. The van der Waals surface area contributed by atoms with Gasteiger partial charge in [-0.3, -0.25) is 4.79 Å². The van der Waals surface area contributed by atoms with Crippen molar-refractivity contribution in [3.05, 3.63) is 71.9 Å². The molecule has 8 heteroatoms. The molecule has 0 atom stereocenters. The quantitative estimate of drug-likeness (QED) is 0.470. The molecule has 1 aromatic carbocycles. The van der Waals surface area contributed by atoms with E-state index in [4.69, 9.17) is 4.74 Å². The van der Waals surface area contributed by atoms with E-state index >= 15 is 0 Å². The van der Waals surface area contributed by atoms with Crippen molar-refractivity contribution in [3.8, 4) is 0 Å². The third-order valence-electron chi connectivity index (χ3n) is 5.66. The van der Waals surface area contributed by atoms with Crippen LogP contribution in [-0.2, 0) is 14.9 Å². The van der Waals surface area contributed by atoms with Gasteiger partial charge < -0.3 is 20.7 Å². The standard InChI is InChI=1S/C24H28N6O2/c1-18-7-8-20(27-17-18)28-22-10-9-21(29-30-22)25-13-14-26-23(31)24(11-15-32-16-12-24)19-5-3-2-4-6-19/h2-10,17H,11-16H2,1H3,(H,25,29)(H,26,31)(H,27,28,30). The fourth-order valence-corrected chi connectivity index (χ4v) is 3.83. The van der Waals surface area contributed by atoms with Gasteiger partial charge in [0.15, 0.2) is 5.82 Å². The highest BCUT2D eigenvalue weighted by Crippen LogP contribution is 2.35. The van der Waals surface area contributed by atoms with Crippen molar-refractivity contribution >= 4 is 23.4 Å². The van der Waals surface area contributed by atoms with Crippen molar-refractivity contribution in [2.45, 2.75) is 25.2 Å². The van der Waals surface area contributed by atoms with E-state index in [1.807, 2.05) is 61.5 Å². The van der Waals surface area contributed by atoms with E-state index in [2.05, 4.69) is 31.1 Å². The number of hydrogen-bond donors (Lipinski definition) is 3. The largest absolute Gasteiger partial charge is 0.381 e. The van der Waals surface area contributed by atoms with Gasteiger partial charge in [-0.15, -0.1) is 10.2 Å². The van der Waals surface area contributed by atoms with Gasteiger partial charge >= 0.3 is 0 Å². The smallest absolute Gasteiger partial charge is 0.230 e. The Balaban J connectivity index is 1.28. The normalized spacial score (nSPS) is 15.0. The van der Waals surface area contributed by atoms with Crippen LogP contribution >= 0.6 is 0 Å². The van der Waals surface area contributed by atoms with E-state index in [9.17, 15) is 4.79 Å². The lowest BCUT2D eigenvalue weighted by Gasteiger charge is -2.36. The summed E-state index contributed by atoms with van der Waals surface area (Å²) in [5, 5.41) is 17.7. The van der Waals surface area contributed by atoms with Crippen molar-refractivity contribution in [1.82, 2.24) is 20.5 Å². The maximum atomic E-state index is 13.1. The zero-order valence-corrected chi connectivity index (χ0v) is 18.2. The van der Waals surface area contributed by atoms with Crippen molar-refractivity contribution in [3.63, 3.8) is 0 Å². The van der Waals surface area contributed by atoms with Crippen LogP contribution in [0.2, 0.25) is 0 Å². The monoisotopic (exact) mass is 432 g/mol. The van der Waals surface area contributed by atoms with Crippen LogP contribution in [0.4, 0.5) is 17.5 Å². The molecule has 166 valence electrons. The Bertz CT molecular complexity index is 1000. The number of aryl methyl sites for hydroxylation is 1. The highest BCUT2D eigenvalue weighted by molar-refractivity contribution is 5.88. The number of rotatable bonds is 8. The molecule has 3 heterocycles. The summed E-state index contributed by atoms with van der Waals surface area (Å²) in [5.74, 6) is 2.02. The number of nitrogens with zero attached hydrogens (tertiary/aromatic N) is 3. The topological polar surface area (TPSA) is 101 Å². The Morgan fingerprint density at radius 3 is 2.34 bits per heavy atom. The summed E-state index contributed by atoms with van der Waals surface area (Å²) in [6, 6.07) is 17.5. The highest BCUT2D eigenvalue weighted by atomic mass is 16.5. The van der Waals surface area contributed by atoms with E-state index in [0.717, 1.165) is 11.1 Å². The van der Waals surface area contributed by atoms with Crippen LogP contribution in [0.15, 0.2) is 60.8 Å². The Morgan fingerprint density at radius 1 is 0.938 bits per heavy atom. The van der Waals surface area contributed by atoms with Gasteiger partial charge in [0.05, 0.1) is 5.41 Å². The number of ether oxygens (including phenoxy) is 1. The summed E-state index contributed by atoms with van der Waals surface area (Å²) >= 11 is 0. The maximum Gasteiger partial charge on any atom is 0.230 e. The van der Waals surface area contributed by atoms with E-state index < -0.39 is 5.41 Å².